The lowest BCUT2D eigenvalue weighted by atomic mass is 10.1. The van der Waals surface area contributed by atoms with E-state index in [1.54, 1.807) is 12.5 Å². The van der Waals surface area contributed by atoms with Crippen LogP contribution in [0.1, 0.15) is 34.4 Å². The van der Waals surface area contributed by atoms with Gasteiger partial charge in [-0.15, -0.1) is 11.3 Å². The third kappa shape index (κ3) is 4.29. The highest BCUT2D eigenvalue weighted by atomic mass is 32.1. The highest BCUT2D eigenvalue weighted by Crippen LogP contribution is 2.17. The maximum atomic E-state index is 12.0. The second kappa shape index (κ2) is 7.91. The van der Waals surface area contributed by atoms with Crippen LogP contribution in [0.2, 0.25) is 0 Å². The van der Waals surface area contributed by atoms with Gasteiger partial charge in [-0.2, -0.15) is 0 Å². The van der Waals surface area contributed by atoms with Crippen molar-refractivity contribution in [2.75, 3.05) is 13.7 Å². The molecule has 0 radical (unpaired) electrons. The molecule has 1 unspecified atom stereocenters. The molecule has 1 atom stereocenters. The number of aliphatic hydroxyl groups is 1. The lowest BCUT2D eigenvalue weighted by Gasteiger charge is -2.12. The average molecular weight is 320 g/mol. The molecule has 2 rings (SSSR count). The number of methoxy groups -OCH3 is 1. The van der Waals surface area contributed by atoms with Gasteiger partial charge in [0.05, 0.1) is 24.8 Å². The molecule has 0 saturated heterocycles. The van der Waals surface area contributed by atoms with Crippen molar-refractivity contribution < 1.29 is 14.6 Å². The number of hydrogen-bond acceptors (Lipinski definition) is 5. The van der Waals surface area contributed by atoms with Crippen molar-refractivity contribution >= 4 is 17.2 Å². The van der Waals surface area contributed by atoms with E-state index in [-0.39, 0.29) is 18.6 Å². The summed E-state index contributed by atoms with van der Waals surface area (Å²) in [6, 6.07) is 7.56. The number of carbonyl (C=O) groups excluding carboxylic acids is 1. The van der Waals surface area contributed by atoms with Crippen LogP contribution in [0.5, 0.6) is 5.75 Å². The van der Waals surface area contributed by atoms with E-state index >= 15 is 0 Å². The number of hydrogen-bond donors (Lipinski definition) is 2. The minimum Gasteiger partial charge on any atom is -0.497 e. The van der Waals surface area contributed by atoms with Crippen LogP contribution in [0.3, 0.4) is 0 Å². The second-order valence-electron chi connectivity index (χ2n) is 4.91. The topological polar surface area (TPSA) is 71.5 Å². The number of thiazole rings is 1. The van der Waals surface area contributed by atoms with Crippen LogP contribution >= 0.6 is 11.3 Å². The molecule has 0 saturated carbocycles. The molecule has 2 N–H and O–H groups in total. The van der Waals surface area contributed by atoms with E-state index in [4.69, 9.17) is 9.84 Å². The van der Waals surface area contributed by atoms with Gasteiger partial charge in [0.2, 0.25) is 0 Å². The Morgan fingerprint density at radius 1 is 1.41 bits per heavy atom. The van der Waals surface area contributed by atoms with E-state index in [9.17, 15) is 4.79 Å². The summed E-state index contributed by atoms with van der Waals surface area (Å²) in [5.74, 6) is 0.579. The van der Waals surface area contributed by atoms with Crippen molar-refractivity contribution in [2.24, 2.45) is 0 Å². The van der Waals surface area contributed by atoms with Gasteiger partial charge in [0, 0.05) is 11.8 Å². The molecule has 118 valence electrons. The molecule has 1 amide bonds. The molecule has 0 spiro atoms. The van der Waals surface area contributed by atoms with Crippen LogP contribution in [0.25, 0.3) is 0 Å². The Bertz CT molecular complexity index is 606. The normalized spacial score (nSPS) is 12.0. The van der Waals surface area contributed by atoms with Crippen molar-refractivity contribution in [1.82, 2.24) is 10.3 Å². The lowest BCUT2D eigenvalue weighted by Crippen LogP contribution is -2.37. The molecular formula is C16H20N2O3S. The minimum absolute atomic E-state index is 0.0644. The number of nitrogens with zero attached hydrogens (tertiary/aromatic N) is 1. The van der Waals surface area contributed by atoms with Gasteiger partial charge in [0.15, 0.2) is 0 Å². The van der Waals surface area contributed by atoms with Gasteiger partial charge in [-0.25, -0.2) is 4.98 Å². The largest absolute Gasteiger partial charge is 0.497 e. The maximum Gasteiger partial charge on any atom is 0.271 e. The van der Waals surface area contributed by atoms with Crippen LogP contribution in [-0.4, -0.2) is 35.8 Å². The fourth-order valence-electron chi connectivity index (χ4n) is 1.95. The van der Waals surface area contributed by atoms with Crippen LogP contribution in [0.4, 0.5) is 0 Å². The molecule has 2 aromatic rings. The Balaban J connectivity index is 1.99. The molecule has 1 aromatic carbocycles. The van der Waals surface area contributed by atoms with E-state index in [1.807, 2.05) is 31.2 Å². The fraction of sp³-hybridized carbons (Fsp3) is 0.375. The highest BCUT2D eigenvalue weighted by Gasteiger charge is 2.14. The summed E-state index contributed by atoms with van der Waals surface area (Å²) < 4.78 is 5.13. The SMILES string of the molecule is CCC(CO)NC(=O)c1csc(Cc2ccc(OC)cc2)n1. The Labute approximate surface area is 134 Å². The Morgan fingerprint density at radius 2 is 2.14 bits per heavy atom. The van der Waals surface area contributed by atoms with E-state index in [0.29, 0.717) is 18.5 Å². The number of ether oxygens (including phenoxy) is 1. The van der Waals surface area contributed by atoms with Gasteiger partial charge in [-0.1, -0.05) is 19.1 Å². The zero-order valence-corrected chi connectivity index (χ0v) is 13.5. The summed E-state index contributed by atoms with van der Waals surface area (Å²) in [7, 11) is 1.64. The molecule has 0 fully saturated rings. The average Bonchev–Trinajstić information content (AvgIpc) is 3.01. The molecule has 0 aliphatic carbocycles. The van der Waals surface area contributed by atoms with Crippen LogP contribution in [0, 0.1) is 0 Å². The van der Waals surface area contributed by atoms with Crippen LogP contribution < -0.4 is 10.1 Å². The van der Waals surface area contributed by atoms with E-state index in [1.165, 1.54) is 11.3 Å². The van der Waals surface area contributed by atoms with Gasteiger partial charge in [-0.05, 0) is 24.1 Å². The summed E-state index contributed by atoms with van der Waals surface area (Å²) in [5.41, 5.74) is 1.52. The van der Waals surface area contributed by atoms with E-state index in [0.717, 1.165) is 16.3 Å². The first-order valence-electron chi connectivity index (χ1n) is 7.15. The van der Waals surface area contributed by atoms with Crippen molar-refractivity contribution in [2.45, 2.75) is 25.8 Å². The van der Waals surface area contributed by atoms with E-state index in [2.05, 4.69) is 10.3 Å². The second-order valence-corrected chi connectivity index (χ2v) is 5.86. The van der Waals surface area contributed by atoms with Crippen molar-refractivity contribution in [3.8, 4) is 5.75 Å². The summed E-state index contributed by atoms with van der Waals surface area (Å²) in [6.45, 7) is 1.85. The van der Waals surface area contributed by atoms with Gasteiger partial charge in [0.1, 0.15) is 11.4 Å². The number of aliphatic hydroxyl groups excluding tert-OH is 1. The summed E-state index contributed by atoms with van der Waals surface area (Å²) in [6.07, 6.45) is 1.37. The summed E-state index contributed by atoms with van der Waals surface area (Å²) in [5, 5.41) is 14.5. The van der Waals surface area contributed by atoms with Gasteiger partial charge in [-0.3, -0.25) is 4.79 Å². The third-order valence-corrected chi connectivity index (χ3v) is 4.20. The number of rotatable bonds is 7. The number of nitrogens with one attached hydrogen (secondary N) is 1. The monoisotopic (exact) mass is 320 g/mol. The molecule has 1 heterocycles. The van der Waals surface area contributed by atoms with Gasteiger partial charge in [0.25, 0.3) is 5.91 Å². The zero-order valence-electron chi connectivity index (χ0n) is 12.7. The zero-order chi connectivity index (χ0) is 15.9. The van der Waals surface area contributed by atoms with Gasteiger partial charge < -0.3 is 15.2 Å². The van der Waals surface area contributed by atoms with Gasteiger partial charge >= 0.3 is 0 Å². The van der Waals surface area contributed by atoms with Crippen LogP contribution in [0.15, 0.2) is 29.6 Å². The first kappa shape index (κ1) is 16.5. The summed E-state index contributed by atoms with van der Waals surface area (Å²) in [4.78, 5) is 16.4. The lowest BCUT2D eigenvalue weighted by molar-refractivity contribution is 0.0910. The minimum atomic E-state index is -0.238. The summed E-state index contributed by atoms with van der Waals surface area (Å²) >= 11 is 1.46. The predicted octanol–water partition coefficient (Wildman–Crippen LogP) is 2.24. The van der Waals surface area contributed by atoms with E-state index < -0.39 is 0 Å². The molecular weight excluding hydrogens is 300 g/mol. The molecule has 5 nitrogen and oxygen atoms in total. The standard InChI is InChI=1S/C16H20N2O3S/c1-3-12(9-19)17-16(20)14-10-22-15(18-14)8-11-4-6-13(21-2)7-5-11/h4-7,10,12,19H,3,8-9H2,1-2H3,(H,17,20). The first-order chi connectivity index (χ1) is 10.7. The Hall–Kier alpha value is -1.92. The molecule has 0 aliphatic rings. The molecule has 0 bridgehead atoms. The first-order valence-corrected chi connectivity index (χ1v) is 8.03. The van der Waals surface area contributed by atoms with Crippen molar-refractivity contribution in [1.29, 1.82) is 0 Å². The number of benzene rings is 1. The Morgan fingerprint density at radius 3 is 2.73 bits per heavy atom. The van der Waals surface area contributed by atoms with Crippen LogP contribution in [-0.2, 0) is 6.42 Å². The third-order valence-electron chi connectivity index (χ3n) is 3.35. The predicted molar refractivity (Wildman–Crippen MR) is 86.5 cm³/mol. The van der Waals surface area contributed by atoms with Crippen molar-refractivity contribution in [3.63, 3.8) is 0 Å². The quantitative estimate of drug-likeness (QED) is 0.821. The molecule has 22 heavy (non-hydrogen) atoms. The number of aromatic nitrogens is 1. The maximum absolute atomic E-state index is 12.0. The number of carbonyl (C=O) groups is 1. The molecule has 6 heteroatoms. The fourth-order valence-corrected chi connectivity index (χ4v) is 2.76. The molecule has 0 aliphatic heterocycles. The number of amides is 1. The smallest absolute Gasteiger partial charge is 0.271 e. The Kier molecular flexibility index (Phi) is 5.91. The molecule has 1 aromatic heterocycles. The van der Waals surface area contributed by atoms with Crippen molar-refractivity contribution in [3.05, 3.63) is 45.9 Å². The highest BCUT2D eigenvalue weighted by molar-refractivity contribution is 7.09.